The van der Waals surface area contributed by atoms with Crippen molar-refractivity contribution < 1.29 is 5.11 Å². The molecule has 2 rings (SSSR count). The third kappa shape index (κ3) is 1.96. The van der Waals surface area contributed by atoms with Crippen molar-refractivity contribution in [3.8, 4) is 0 Å². The molecule has 14 heavy (non-hydrogen) atoms. The first-order valence-corrected chi connectivity index (χ1v) is 6.17. The molecule has 82 valence electrons. The van der Waals surface area contributed by atoms with Crippen molar-refractivity contribution in [1.82, 2.24) is 5.32 Å². The summed E-state index contributed by atoms with van der Waals surface area (Å²) < 4.78 is 0. The highest BCUT2D eigenvalue weighted by molar-refractivity contribution is 4.96. The Hall–Kier alpha value is -0.0800. The molecule has 2 aliphatic rings. The summed E-state index contributed by atoms with van der Waals surface area (Å²) in [6.45, 7) is 3.14. The molecular weight excluding hydrogens is 174 g/mol. The van der Waals surface area contributed by atoms with Gasteiger partial charge >= 0.3 is 0 Å². The third-order valence-electron chi connectivity index (χ3n) is 4.20. The van der Waals surface area contributed by atoms with Crippen LogP contribution in [0.4, 0.5) is 0 Å². The zero-order chi connectivity index (χ0) is 10.0. The molecule has 1 aliphatic heterocycles. The van der Waals surface area contributed by atoms with Crippen molar-refractivity contribution in [2.45, 2.75) is 63.5 Å². The molecule has 2 unspecified atom stereocenters. The Kier molecular flexibility index (Phi) is 3.13. The van der Waals surface area contributed by atoms with Crippen LogP contribution in [0.2, 0.25) is 0 Å². The summed E-state index contributed by atoms with van der Waals surface area (Å²) in [6, 6.07) is 0.352. The summed E-state index contributed by atoms with van der Waals surface area (Å²) in [5.74, 6) is 0.534. The molecule has 2 nitrogen and oxygen atoms in total. The van der Waals surface area contributed by atoms with Crippen LogP contribution in [-0.2, 0) is 0 Å². The van der Waals surface area contributed by atoms with Gasteiger partial charge in [-0.1, -0.05) is 19.3 Å². The SMILES string of the molecule is CC(O)(C1CCCCC1)C1CCCN1. The van der Waals surface area contributed by atoms with Crippen LogP contribution >= 0.6 is 0 Å². The second-order valence-corrected chi connectivity index (χ2v) is 5.21. The topological polar surface area (TPSA) is 32.3 Å². The maximum atomic E-state index is 10.6. The molecule has 2 N–H and O–H groups in total. The third-order valence-corrected chi connectivity index (χ3v) is 4.20. The summed E-state index contributed by atoms with van der Waals surface area (Å²) in [5.41, 5.74) is -0.461. The van der Waals surface area contributed by atoms with Gasteiger partial charge in [0.05, 0.1) is 5.60 Å². The van der Waals surface area contributed by atoms with Crippen LogP contribution in [0.25, 0.3) is 0 Å². The maximum absolute atomic E-state index is 10.6. The van der Waals surface area contributed by atoms with E-state index in [4.69, 9.17) is 0 Å². The van der Waals surface area contributed by atoms with Gasteiger partial charge in [-0.25, -0.2) is 0 Å². The van der Waals surface area contributed by atoms with Gasteiger partial charge in [-0.15, -0.1) is 0 Å². The second-order valence-electron chi connectivity index (χ2n) is 5.21. The van der Waals surface area contributed by atoms with Crippen LogP contribution in [-0.4, -0.2) is 23.3 Å². The highest BCUT2D eigenvalue weighted by atomic mass is 16.3. The smallest absolute Gasteiger partial charge is 0.0799 e. The first-order valence-electron chi connectivity index (χ1n) is 6.17. The minimum atomic E-state index is -0.461. The molecule has 2 heteroatoms. The molecule has 0 aromatic heterocycles. The lowest BCUT2D eigenvalue weighted by atomic mass is 9.74. The van der Waals surface area contributed by atoms with Crippen LogP contribution in [0, 0.1) is 5.92 Å². The van der Waals surface area contributed by atoms with Crippen LogP contribution in [0.1, 0.15) is 51.9 Å². The predicted molar refractivity (Wildman–Crippen MR) is 58.2 cm³/mol. The van der Waals surface area contributed by atoms with Gasteiger partial charge < -0.3 is 10.4 Å². The lowest BCUT2D eigenvalue weighted by molar-refractivity contribution is -0.0430. The Labute approximate surface area is 87.1 Å². The highest BCUT2D eigenvalue weighted by Crippen LogP contribution is 2.36. The van der Waals surface area contributed by atoms with E-state index in [0.29, 0.717) is 12.0 Å². The summed E-state index contributed by atoms with van der Waals surface area (Å²) in [7, 11) is 0. The molecule has 0 bridgehead atoms. The number of hydrogen-bond acceptors (Lipinski definition) is 2. The largest absolute Gasteiger partial charge is 0.388 e. The molecule has 1 heterocycles. The number of rotatable bonds is 2. The lowest BCUT2D eigenvalue weighted by Crippen LogP contribution is -2.51. The molecule has 0 spiro atoms. The average Bonchev–Trinajstić information content (AvgIpc) is 2.72. The van der Waals surface area contributed by atoms with Gasteiger partial charge in [0.2, 0.25) is 0 Å². The summed E-state index contributed by atoms with van der Waals surface area (Å²) in [4.78, 5) is 0. The van der Waals surface area contributed by atoms with E-state index in [0.717, 1.165) is 13.0 Å². The van der Waals surface area contributed by atoms with Gasteiger partial charge in [0, 0.05) is 6.04 Å². The van der Waals surface area contributed by atoms with Gasteiger partial charge in [-0.2, -0.15) is 0 Å². The molecule has 2 atom stereocenters. The summed E-state index contributed by atoms with van der Waals surface area (Å²) >= 11 is 0. The quantitative estimate of drug-likeness (QED) is 0.710. The van der Waals surface area contributed by atoms with E-state index in [9.17, 15) is 5.11 Å². The van der Waals surface area contributed by atoms with Gasteiger partial charge in [0.25, 0.3) is 0 Å². The standard InChI is InChI=1S/C12H23NO/c1-12(14,11-8-5-9-13-11)10-6-3-2-4-7-10/h10-11,13-14H,2-9H2,1H3. The summed E-state index contributed by atoms with van der Waals surface area (Å²) in [5, 5.41) is 14.0. The minimum absolute atomic E-state index is 0.352. The Bertz CT molecular complexity index is 179. The fraction of sp³-hybridized carbons (Fsp3) is 1.00. The van der Waals surface area contributed by atoms with Crippen LogP contribution < -0.4 is 5.32 Å². The number of aliphatic hydroxyl groups is 1. The van der Waals surface area contributed by atoms with E-state index in [-0.39, 0.29) is 0 Å². The highest BCUT2D eigenvalue weighted by Gasteiger charge is 2.40. The van der Waals surface area contributed by atoms with E-state index in [2.05, 4.69) is 5.32 Å². The predicted octanol–water partition coefficient (Wildman–Crippen LogP) is 2.07. The molecule has 0 aromatic carbocycles. The molecule has 2 fully saturated rings. The van der Waals surface area contributed by atoms with Crippen LogP contribution in [0.5, 0.6) is 0 Å². The first kappa shape index (κ1) is 10.4. The van der Waals surface area contributed by atoms with Crippen molar-refractivity contribution in [1.29, 1.82) is 0 Å². The fourth-order valence-electron chi connectivity index (χ4n) is 3.15. The van der Waals surface area contributed by atoms with E-state index in [1.165, 1.54) is 38.5 Å². The second kappa shape index (κ2) is 4.19. The van der Waals surface area contributed by atoms with Crippen LogP contribution in [0.3, 0.4) is 0 Å². The monoisotopic (exact) mass is 197 g/mol. The van der Waals surface area contributed by atoms with E-state index < -0.39 is 5.60 Å². The fourth-order valence-corrected chi connectivity index (χ4v) is 3.15. The van der Waals surface area contributed by atoms with Gasteiger partial charge in [0.1, 0.15) is 0 Å². The van der Waals surface area contributed by atoms with E-state index >= 15 is 0 Å². The van der Waals surface area contributed by atoms with Crippen molar-refractivity contribution in [2.75, 3.05) is 6.54 Å². The Balaban J connectivity index is 1.97. The molecule has 1 saturated carbocycles. The van der Waals surface area contributed by atoms with Crippen molar-refractivity contribution in [3.05, 3.63) is 0 Å². The molecule has 0 amide bonds. The van der Waals surface area contributed by atoms with Gasteiger partial charge in [-0.3, -0.25) is 0 Å². The Morgan fingerprint density at radius 3 is 2.36 bits per heavy atom. The molecule has 1 aliphatic carbocycles. The molecule has 0 radical (unpaired) electrons. The molecule has 1 saturated heterocycles. The first-order chi connectivity index (χ1) is 6.71. The lowest BCUT2D eigenvalue weighted by Gasteiger charge is -2.40. The van der Waals surface area contributed by atoms with Gasteiger partial charge in [0.15, 0.2) is 0 Å². The Morgan fingerprint density at radius 1 is 1.07 bits per heavy atom. The van der Waals surface area contributed by atoms with Gasteiger partial charge in [-0.05, 0) is 45.1 Å². The zero-order valence-electron chi connectivity index (χ0n) is 9.26. The van der Waals surface area contributed by atoms with E-state index in [1.807, 2.05) is 6.92 Å². The summed E-state index contributed by atoms with van der Waals surface area (Å²) in [6.07, 6.45) is 8.83. The van der Waals surface area contributed by atoms with Crippen molar-refractivity contribution in [2.24, 2.45) is 5.92 Å². The average molecular weight is 197 g/mol. The maximum Gasteiger partial charge on any atom is 0.0799 e. The normalized spacial score (nSPS) is 34.3. The molecular formula is C12H23NO. The van der Waals surface area contributed by atoms with Crippen LogP contribution in [0.15, 0.2) is 0 Å². The number of nitrogens with one attached hydrogen (secondary N) is 1. The number of hydrogen-bond donors (Lipinski definition) is 2. The van der Waals surface area contributed by atoms with E-state index in [1.54, 1.807) is 0 Å². The molecule has 0 aromatic rings. The minimum Gasteiger partial charge on any atom is -0.388 e. The van der Waals surface area contributed by atoms with Crippen molar-refractivity contribution in [3.63, 3.8) is 0 Å². The van der Waals surface area contributed by atoms with Crippen molar-refractivity contribution >= 4 is 0 Å². The zero-order valence-corrected chi connectivity index (χ0v) is 9.26. The Morgan fingerprint density at radius 2 is 1.79 bits per heavy atom.